The Balaban J connectivity index is 1.82. The van der Waals surface area contributed by atoms with Crippen molar-refractivity contribution >= 4 is 21.6 Å². The van der Waals surface area contributed by atoms with Gasteiger partial charge in [-0.05, 0) is 51.1 Å². The second-order valence-electron chi connectivity index (χ2n) is 6.07. The van der Waals surface area contributed by atoms with E-state index in [1.165, 1.54) is 5.56 Å². The third-order valence-corrected chi connectivity index (χ3v) is 4.33. The number of hydrogen-bond donors (Lipinski definition) is 0. The maximum atomic E-state index is 5.87. The molecule has 1 aromatic heterocycles. The van der Waals surface area contributed by atoms with E-state index in [-0.39, 0.29) is 0 Å². The van der Waals surface area contributed by atoms with E-state index in [0.29, 0.717) is 24.4 Å². The van der Waals surface area contributed by atoms with Gasteiger partial charge in [0.25, 0.3) is 0 Å². The molecule has 1 heterocycles. The molecule has 3 rings (SSSR count). The molecule has 0 saturated heterocycles. The van der Waals surface area contributed by atoms with Crippen molar-refractivity contribution in [2.45, 2.75) is 33.4 Å². The first-order valence-electron chi connectivity index (χ1n) is 7.94. The molecule has 0 aliphatic heterocycles. The lowest BCUT2D eigenvalue weighted by atomic mass is 10.2. The van der Waals surface area contributed by atoms with Crippen LogP contribution in [-0.2, 0) is 6.54 Å². The molecule has 0 aliphatic carbocycles. The Hall–Kier alpha value is -2.14. The van der Waals surface area contributed by atoms with Crippen molar-refractivity contribution in [3.63, 3.8) is 0 Å². The number of aromatic nitrogens is 2. The lowest BCUT2D eigenvalue weighted by Gasteiger charge is -2.27. The van der Waals surface area contributed by atoms with Gasteiger partial charge in [0.2, 0.25) is 11.8 Å². The Morgan fingerprint density at radius 2 is 1.83 bits per heavy atom. The van der Waals surface area contributed by atoms with Crippen LogP contribution in [-0.4, -0.2) is 16.2 Å². The molecule has 4 nitrogen and oxygen atoms in total. The Kier molecular flexibility index (Phi) is 5.00. The van der Waals surface area contributed by atoms with Crippen LogP contribution in [0.15, 0.2) is 57.4 Å². The summed E-state index contributed by atoms with van der Waals surface area (Å²) in [6.07, 6.45) is 0. The standard InChI is InChI=1S/C19H20BrN3O/c1-13(2)23(17-9-7-14(3)8-10-17)12-18-21-22-19(24-18)15-5-4-6-16(20)11-15/h4-11,13H,12H2,1-3H3. The Bertz CT molecular complexity index is 811. The van der Waals surface area contributed by atoms with E-state index in [2.05, 4.69) is 76.1 Å². The van der Waals surface area contributed by atoms with Crippen LogP contribution in [0.25, 0.3) is 11.5 Å². The molecule has 3 aromatic rings. The van der Waals surface area contributed by atoms with Crippen molar-refractivity contribution in [3.8, 4) is 11.5 Å². The zero-order chi connectivity index (χ0) is 17.1. The van der Waals surface area contributed by atoms with Crippen LogP contribution in [0.2, 0.25) is 0 Å². The SMILES string of the molecule is Cc1ccc(N(Cc2nnc(-c3cccc(Br)c3)o2)C(C)C)cc1. The molecular weight excluding hydrogens is 366 g/mol. The fourth-order valence-electron chi connectivity index (χ4n) is 2.51. The van der Waals surface area contributed by atoms with E-state index in [4.69, 9.17) is 4.42 Å². The highest BCUT2D eigenvalue weighted by Crippen LogP contribution is 2.24. The monoisotopic (exact) mass is 385 g/mol. The maximum Gasteiger partial charge on any atom is 0.247 e. The summed E-state index contributed by atoms with van der Waals surface area (Å²) in [4.78, 5) is 2.25. The van der Waals surface area contributed by atoms with Gasteiger partial charge in [0, 0.05) is 21.8 Å². The normalized spacial score (nSPS) is 11.0. The minimum Gasteiger partial charge on any atom is -0.419 e. The quantitative estimate of drug-likeness (QED) is 0.603. The fourth-order valence-corrected chi connectivity index (χ4v) is 2.91. The van der Waals surface area contributed by atoms with Crippen LogP contribution < -0.4 is 4.90 Å². The van der Waals surface area contributed by atoms with Crippen LogP contribution in [0, 0.1) is 6.92 Å². The summed E-state index contributed by atoms with van der Waals surface area (Å²) in [5.41, 5.74) is 3.31. The molecule has 0 fully saturated rings. The zero-order valence-electron chi connectivity index (χ0n) is 14.0. The molecule has 0 aliphatic rings. The number of anilines is 1. The summed E-state index contributed by atoms with van der Waals surface area (Å²) < 4.78 is 6.85. The fraction of sp³-hybridized carbons (Fsp3) is 0.263. The van der Waals surface area contributed by atoms with Gasteiger partial charge < -0.3 is 9.32 Å². The minimum absolute atomic E-state index is 0.328. The van der Waals surface area contributed by atoms with Gasteiger partial charge >= 0.3 is 0 Å². The van der Waals surface area contributed by atoms with Gasteiger partial charge in [0.05, 0.1) is 6.54 Å². The summed E-state index contributed by atoms with van der Waals surface area (Å²) in [5.74, 6) is 1.15. The molecule has 0 atom stereocenters. The third kappa shape index (κ3) is 3.85. The predicted octanol–water partition coefficient (Wildman–Crippen LogP) is 5.22. The van der Waals surface area contributed by atoms with Crippen molar-refractivity contribution in [2.75, 3.05) is 4.90 Å². The highest BCUT2D eigenvalue weighted by molar-refractivity contribution is 9.10. The Labute approximate surface area is 150 Å². The first-order valence-corrected chi connectivity index (χ1v) is 8.74. The van der Waals surface area contributed by atoms with E-state index < -0.39 is 0 Å². The number of nitrogens with zero attached hydrogens (tertiary/aromatic N) is 3. The molecule has 0 radical (unpaired) electrons. The van der Waals surface area contributed by atoms with Crippen molar-refractivity contribution in [1.29, 1.82) is 0 Å². The highest BCUT2D eigenvalue weighted by Gasteiger charge is 2.16. The number of benzene rings is 2. The second kappa shape index (κ2) is 7.18. The summed E-state index contributed by atoms with van der Waals surface area (Å²) >= 11 is 3.46. The summed E-state index contributed by atoms with van der Waals surface area (Å²) in [6, 6.07) is 16.7. The zero-order valence-corrected chi connectivity index (χ0v) is 15.6. The van der Waals surface area contributed by atoms with Gasteiger partial charge in [-0.1, -0.05) is 39.7 Å². The van der Waals surface area contributed by atoms with Gasteiger partial charge in [0.1, 0.15) is 0 Å². The maximum absolute atomic E-state index is 5.87. The van der Waals surface area contributed by atoms with E-state index in [1.54, 1.807) is 0 Å². The average molecular weight is 386 g/mol. The van der Waals surface area contributed by atoms with Gasteiger partial charge in [0.15, 0.2) is 0 Å². The summed E-state index contributed by atoms with van der Waals surface area (Å²) in [5, 5.41) is 8.40. The van der Waals surface area contributed by atoms with Gasteiger partial charge in [-0.2, -0.15) is 0 Å². The molecule has 0 saturated carbocycles. The average Bonchev–Trinajstić information content (AvgIpc) is 3.02. The molecule has 0 N–H and O–H groups in total. The number of rotatable bonds is 5. The molecule has 0 bridgehead atoms. The van der Waals surface area contributed by atoms with Crippen molar-refractivity contribution in [2.24, 2.45) is 0 Å². The van der Waals surface area contributed by atoms with Crippen LogP contribution in [0.1, 0.15) is 25.3 Å². The number of aryl methyl sites for hydroxylation is 1. The van der Waals surface area contributed by atoms with Crippen LogP contribution in [0.3, 0.4) is 0 Å². The van der Waals surface area contributed by atoms with Crippen LogP contribution in [0.4, 0.5) is 5.69 Å². The first kappa shape index (κ1) is 16.7. The van der Waals surface area contributed by atoms with E-state index in [1.807, 2.05) is 24.3 Å². The lowest BCUT2D eigenvalue weighted by molar-refractivity contribution is 0.488. The highest BCUT2D eigenvalue weighted by atomic mass is 79.9. The van der Waals surface area contributed by atoms with E-state index in [9.17, 15) is 0 Å². The topological polar surface area (TPSA) is 42.2 Å². The van der Waals surface area contributed by atoms with E-state index in [0.717, 1.165) is 15.7 Å². The van der Waals surface area contributed by atoms with Crippen molar-refractivity contribution < 1.29 is 4.42 Å². The minimum atomic E-state index is 0.328. The number of hydrogen-bond acceptors (Lipinski definition) is 4. The smallest absolute Gasteiger partial charge is 0.247 e. The second-order valence-corrected chi connectivity index (χ2v) is 6.98. The van der Waals surface area contributed by atoms with Crippen molar-refractivity contribution in [1.82, 2.24) is 10.2 Å². The van der Waals surface area contributed by atoms with Crippen molar-refractivity contribution in [3.05, 3.63) is 64.5 Å². The third-order valence-electron chi connectivity index (χ3n) is 3.83. The van der Waals surface area contributed by atoms with Gasteiger partial charge in [-0.15, -0.1) is 10.2 Å². The molecular formula is C19H20BrN3O. The van der Waals surface area contributed by atoms with Gasteiger partial charge in [-0.25, -0.2) is 0 Å². The Morgan fingerprint density at radius 1 is 1.08 bits per heavy atom. The molecule has 0 spiro atoms. The lowest BCUT2D eigenvalue weighted by Crippen LogP contribution is -2.30. The first-order chi connectivity index (χ1) is 11.5. The predicted molar refractivity (Wildman–Crippen MR) is 99.9 cm³/mol. The number of halogens is 1. The van der Waals surface area contributed by atoms with Crippen LogP contribution >= 0.6 is 15.9 Å². The van der Waals surface area contributed by atoms with Gasteiger partial charge in [-0.3, -0.25) is 0 Å². The molecule has 5 heteroatoms. The summed E-state index contributed by atoms with van der Waals surface area (Å²) in [7, 11) is 0. The molecule has 24 heavy (non-hydrogen) atoms. The molecule has 124 valence electrons. The molecule has 0 amide bonds. The Morgan fingerprint density at radius 3 is 2.50 bits per heavy atom. The largest absolute Gasteiger partial charge is 0.419 e. The van der Waals surface area contributed by atoms with Crippen LogP contribution in [0.5, 0.6) is 0 Å². The molecule has 2 aromatic carbocycles. The molecule has 0 unspecified atom stereocenters. The summed E-state index contributed by atoms with van der Waals surface area (Å²) in [6.45, 7) is 6.99. The van der Waals surface area contributed by atoms with E-state index >= 15 is 0 Å².